The molecule has 36 heavy (non-hydrogen) atoms. The number of benzene rings is 1. The number of hydrogen-bond donors (Lipinski definition) is 1. The summed E-state index contributed by atoms with van der Waals surface area (Å²) in [7, 11) is 0. The van der Waals surface area contributed by atoms with Gasteiger partial charge in [-0.15, -0.1) is 0 Å². The average Bonchev–Trinajstić information content (AvgIpc) is 3.11. The molecule has 0 radical (unpaired) electrons. The molecule has 3 aromatic rings. The second kappa shape index (κ2) is 9.16. The van der Waals surface area contributed by atoms with Crippen LogP contribution in [-0.4, -0.2) is 40.1 Å². The van der Waals surface area contributed by atoms with Gasteiger partial charge >= 0.3 is 6.18 Å². The quantitative estimate of drug-likeness (QED) is 0.510. The topological polar surface area (TPSA) is 84.3 Å². The Labute approximate surface area is 205 Å². The molecule has 190 valence electrons. The maximum atomic E-state index is 14.9. The predicted octanol–water partition coefficient (Wildman–Crippen LogP) is 4.37. The molecule has 1 saturated heterocycles. The smallest absolute Gasteiger partial charge is 0.340 e. The van der Waals surface area contributed by atoms with E-state index in [4.69, 9.17) is 11.6 Å². The summed E-state index contributed by atoms with van der Waals surface area (Å²) in [6, 6.07) is 1.57. The molecule has 1 aromatic carbocycles. The summed E-state index contributed by atoms with van der Waals surface area (Å²) in [5.74, 6) is -3.92. The van der Waals surface area contributed by atoms with Crippen LogP contribution in [0.2, 0.25) is 5.02 Å². The Morgan fingerprint density at radius 1 is 1.22 bits per heavy atom. The molecule has 2 aromatic heterocycles. The molecule has 1 fully saturated rings. The van der Waals surface area contributed by atoms with Gasteiger partial charge in [0.1, 0.15) is 28.9 Å². The Bertz CT molecular complexity index is 1430. The van der Waals surface area contributed by atoms with Gasteiger partial charge in [0.15, 0.2) is 11.5 Å². The Hall–Kier alpha value is -3.54. The molecule has 0 bridgehead atoms. The number of fused-ring (bicyclic) bond motifs is 1. The zero-order chi connectivity index (χ0) is 26.5. The van der Waals surface area contributed by atoms with Crippen LogP contribution in [0.3, 0.4) is 0 Å². The molecule has 0 aliphatic carbocycles. The van der Waals surface area contributed by atoms with Gasteiger partial charge in [0, 0.05) is 24.7 Å². The average molecular weight is 529 g/mol. The number of aromatic nitrogens is 2. The Balaban J connectivity index is 1.97. The van der Waals surface area contributed by atoms with Crippen molar-refractivity contribution in [3.8, 4) is 5.69 Å². The van der Waals surface area contributed by atoms with E-state index in [2.05, 4.69) is 4.98 Å². The first kappa shape index (κ1) is 25.5. The van der Waals surface area contributed by atoms with E-state index in [0.717, 1.165) is 16.8 Å². The van der Waals surface area contributed by atoms with Crippen LogP contribution >= 0.6 is 11.6 Å². The molecule has 1 aliphatic rings. The minimum atomic E-state index is -4.78. The zero-order valence-corrected chi connectivity index (χ0v) is 19.5. The minimum absolute atomic E-state index is 0.131. The summed E-state index contributed by atoms with van der Waals surface area (Å²) in [4.78, 5) is 43.9. The van der Waals surface area contributed by atoms with Crippen LogP contribution < -0.4 is 15.6 Å². The van der Waals surface area contributed by atoms with Gasteiger partial charge in [0.25, 0.3) is 5.91 Å². The van der Waals surface area contributed by atoms with E-state index in [1.54, 1.807) is 12.2 Å². The molecule has 2 amide bonds. The van der Waals surface area contributed by atoms with Gasteiger partial charge in [0.05, 0.1) is 10.4 Å². The number of anilines is 1. The number of rotatable bonds is 4. The minimum Gasteiger partial charge on any atom is -0.340 e. The van der Waals surface area contributed by atoms with Crippen molar-refractivity contribution in [2.75, 3.05) is 11.4 Å². The van der Waals surface area contributed by atoms with E-state index >= 15 is 0 Å². The van der Waals surface area contributed by atoms with Crippen molar-refractivity contribution in [1.29, 1.82) is 0 Å². The number of carbonyl (C=O) groups is 2. The maximum absolute atomic E-state index is 14.9. The van der Waals surface area contributed by atoms with Crippen LogP contribution in [-0.2, 0) is 4.79 Å². The molecule has 2 unspecified atom stereocenters. The fraction of sp³-hybridized carbons (Fsp3) is 0.304. The summed E-state index contributed by atoms with van der Waals surface area (Å²) in [5.41, 5.74) is -2.46. The fourth-order valence-electron chi connectivity index (χ4n) is 3.85. The zero-order valence-electron chi connectivity index (χ0n) is 18.8. The lowest BCUT2D eigenvalue weighted by molar-refractivity contribution is -0.149. The monoisotopic (exact) mass is 528 g/mol. The number of halogens is 6. The van der Waals surface area contributed by atoms with Crippen LogP contribution in [0.4, 0.5) is 27.8 Å². The largest absolute Gasteiger partial charge is 0.408 e. The second-order valence-corrected chi connectivity index (χ2v) is 8.82. The van der Waals surface area contributed by atoms with E-state index in [1.165, 1.54) is 17.0 Å². The molecule has 0 spiro atoms. The number of hydrogen-bond acceptors (Lipinski definition) is 4. The molecule has 3 heterocycles. The standard InChI is InChI=1S/C23H18ClF5N4O3/c1-10-5-6-32(22(10)36)17-4-3-13-19(34)14(21(35)30-11(2)23(27,28)29)9-33(20(13)31-17)18-15(24)7-12(25)8-16(18)26/h3-4,7-11H,5-6H2,1-2H3,(H,30,35). The number of nitrogens with one attached hydrogen (secondary N) is 1. The normalized spacial score (nSPS) is 17.1. The van der Waals surface area contributed by atoms with E-state index in [-0.39, 0.29) is 28.7 Å². The fourth-order valence-corrected chi connectivity index (χ4v) is 4.13. The van der Waals surface area contributed by atoms with Crippen molar-refractivity contribution in [3.63, 3.8) is 0 Å². The molecule has 1 N–H and O–H groups in total. The van der Waals surface area contributed by atoms with Crippen molar-refractivity contribution < 1.29 is 31.5 Å². The van der Waals surface area contributed by atoms with E-state index < -0.39 is 51.5 Å². The van der Waals surface area contributed by atoms with Crippen LogP contribution in [0.1, 0.15) is 30.6 Å². The number of nitrogens with zero attached hydrogens (tertiary/aromatic N) is 3. The first-order valence-corrected chi connectivity index (χ1v) is 11.1. The molecule has 1 aliphatic heterocycles. The summed E-state index contributed by atoms with van der Waals surface area (Å²) >= 11 is 6.07. The van der Waals surface area contributed by atoms with Crippen molar-refractivity contribution in [3.05, 3.63) is 62.9 Å². The highest BCUT2D eigenvalue weighted by Gasteiger charge is 2.38. The van der Waals surface area contributed by atoms with Crippen molar-refractivity contribution in [2.24, 2.45) is 5.92 Å². The lowest BCUT2D eigenvalue weighted by Crippen LogP contribution is -2.44. The van der Waals surface area contributed by atoms with Gasteiger partial charge in [-0.25, -0.2) is 13.8 Å². The summed E-state index contributed by atoms with van der Waals surface area (Å²) in [6.07, 6.45) is -3.44. The van der Waals surface area contributed by atoms with Crippen LogP contribution in [0.15, 0.2) is 35.3 Å². The van der Waals surface area contributed by atoms with Gasteiger partial charge in [-0.05, 0) is 31.5 Å². The lowest BCUT2D eigenvalue weighted by Gasteiger charge is -2.20. The molecule has 2 atom stereocenters. The van der Waals surface area contributed by atoms with Crippen molar-refractivity contribution in [1.82, 2.24) is 14.9 Å². The second-order valence-electron chi connectivity index (χ2n) is 8.42. The molecule has 0 saturated carbocycles. The Morgan fingerprint density at radius 3 is 2.50 bits per heavy atom. The number of pyridine rings is 2. The number of alkyl halides is 3. The molecular weight excluding hydrogens is 511 g/mol. The summed E-state index contributed by atoms with van der Waals surface area (Å²) in [6.45, 7) is 2.76. The van der Waals surface area contributed by atoms with Gasteiger partial charge in [-0.3, -0.25) is 23.9 Å². The third-order valence-electron chi connectivity index (χ3n) is 5.89. The lowest BCUT2D eigenvalue weighted by atomic mass is 10.1. The van der Waals surface area contributed by atoms with Crippen LogP contribution in [0, 0.1) is 17.6 Å². The molecular formula is C23H18ClF5N4O3. The third kappa shape index (κ3) is 4.52. The van der Waals surface area contributed by atoms with Crippen LogP contribution in [0.25, 0.3) is 16.7 Å². The molecule has 7 nitrogen and oxygen atoms in total. The number of amides is 2. The van der Waals surface area contributed by atoms with Crippen molar-refractivity contribution in [2.45, 2.75) is 32.5 Å². The number of carbonyl (C=O) groups excluding carboxylic acids is 2. The summed E-state index contributed by atoms with van der Waals surface area (Å²) in [5, 5.41) is 0.976. The van der Waals surface area contributed by atoms with Gasteiger partial charge in [-0.2, -0.15) is 13.2 Å². The first-order chi connectivity index (χ1) is 16.8. The Kier molecular flexibility index (Phi) is 6.50. The maximum Gasteiger partial charge on any atom is 0.408 e. The van der Waals surface area contributed by atoms with Crippen LogP contribution in [0.5, 0.6) is 0 Å². The van der Waals surface area contributed by atoms with Crippen molar-refractivity contribution >= 4 is 40.3 Å². The Morgan fingerprint density at radius 2 is 1.92 bits per heavy atom. The van der Waals surface area contributed by atoms with Gasteiger partial charge in [-0.1, -0.05) is 18.5 Å². The van der Waals surface area contributed by atoms with E-state index in [0.29, 0.717) is 26.0 Å². The van der Waals surface area contributed by atoms with E-state index in [1.807, 2.05) is 0 Å². The van der Waals surface area contributed by atoms with Gasteiger partial charge < -0.3 is 5.32 Å². The SMILES string of the molecule is CC1CCN(c2ccc3c(=O)c(C(=O)NC(C)C(F)(F)F)cn(-c4c(F)cc(F)cc4Cl)c3n2)C1=O. The first-order valence-electron chi connectivity index (χ1n) is 10.7. The third-order valence-corrected chi connectivity index (χ3v) is 6.18. The van der Waals surface area contributed by atoms with Gasteiger partial charge in [0.2, 0.25) is 11.3 Å². The highest BCUT2D eigenvalue weighted by Crippen LogP contribution is 2.30. The molecule has 4 rings (SSSR count). The summed E-state index contributed by atoms with van der Waals surface area (Å²) < 4.78 is 68.4. The highest BCUT2D eigenvalue weighted by atomic mass is 35.5. The highest BCUT2D eigenvalue weighted by molar-refractivity contribution is 6.32. The predicted molar refractivity (Wildman–Crippen MR) is 121 cm³/mol. The molecule has 13 heteroatoms. The van der Waals surface area contributed by atoms with E-state index in [9.17, 15) is 36.3 Å².